The summed E-state index contributed by atoms with van der Waals surface area (Å²) in [6.45, 7) is 9.98. The first-order valence-corrected chi connectivity index (χ1v) is 6.87. The molecule has 0 aliphatic heterocycles. The average molecular weight is 263 g/mol. The van der Waals surface area contributed by atoms with Crippen LogP contribution in [-0.4, -0.2) is 43.1 Å². The third kappa shape index (κ3) is 4.47. The van der Waals surface area contributed by atoms with Gasteiger partial charge in [0, 0.05) is 6.54 Å². The minimum Gasteiger partial charge on any atom is -0.465 e. The van der Waals surface area contributed by atoms with E-state index < -0.39 is 20.7 Å². The molecule has 17 heavy (non-hydrogen) atoms. The highest BCUT2D eigenvalue weighted by atomic mass is 32.2. The van der Waals surface area contributed by atoms with Crippen LogP contribution in [0.1, 0.15) is 27.7 Å². The Morgan fingerprint density at radius 2 is 1.94 bits per heavy atom. The summed E-state index contributed by atoms with van der Waals surface area (Å²) in [6, 6.07) is 0. The van der Waals surface area contributed by atoms with Crippen LogP contribution in [0.3, 0.4) is 0 Å². The molecule has 0 radical (unpaired) electrons. The van der Waals surface area contributed by atoms with Crippen molar-refractivity contribution in [2.24, 2.45) is 0 Å². The normalized spacial score (nSPS) is 12.5. The summed E-state index contributed by atoms with van der Waals surface area (Å²) in [5, 5.41) is 0. The summed E-state index contributed by atoms with van der Waals surface area (Å²) in [5.74, 6) is -0.554. The maximum Gasteiger partial charge on any atom is 0.321 e. The van der Waals surface area contributed by atoms with Crippen molar-refractivity contribution >= 4 is 16.0 Å². The van der Waals surface area contributed by atoms with Crippen LogP contribution >= 0.6 is 0 Å². The van der Waals surface area contributed by atoms with Crippen molar-refractivity contribution in [3.05, 3.63) is 12.7 Å². The molecule has 0 aliphatic carbocycles. The van der Waals surface area contributed by atoms with Crippen LogP contribution in [0.4, 0.5) is 0 Å². The van der Waals surface area contributed by atoms with Gasteiger partial charge < -0.3 is 4.74 Å². The number of carbonyl (C=O) groups excluding carboxylic acids is 1. The molecule has 0 spiro atoms. The molecule has 0 aromatic rings. The van der Waals surface area contributed by atoms with Crippen LogP contribution in [0, 0.1) is 0 Å². The Morgan fingerprint density at radius 3 is 2.29 bits per heavy atom. The van der Waals surface area contributed by atoms with Crippen molar-refractivity contribution in [1.29, 1.82) is 0 Å². The number of rotatable bonds is 6. The smallest absolute Gasteiger partial charge is 0.321 e. The summed E-state index contributed by atoms with van der Waals surface area (Å²) in [6.07, 6.45) is 1.45. The third-order valence-electron chi connectivity index (χ3n) is 2.06. The second-order valence-electron chi connectivity index (χ2n) is 4.50. The predicted molar refractivity (Wildman–Crippen MR) is 67.1 cm³/mol. The first-order valence-electron chi connectivity index (χ1n) is 5.43. The van der Waals surface area contributed by atoms with E-state index in [9.17, 15) is 13.2 Å². The maximum atomic E-state index is 12.2. The Labute approximate surface area is 103 Å². The van der Waals surface area contributed by atoms with Gasteiger partial charge in [-0.05, 0) is 27.7 Å². The van der Waals surface area contributed by atoms with E-state index in [1.807, 2.05) is 0 Å². The van der Waals surface area contributed by atoms with Gasteiger partial charge in [0.1, 0.15) is 6.54 Å². The lowest BCUT2D eigenvalue weighted by Gasteiger charge is -2.28. The molecule has 0 saturated heterocycles. The first kappa shape index (κ1) is 16.1. The molecule has 100 valence electrons. The number of esters is 1. The van der Waals surface area contributed by atoms with Crippen molar-refractivity contribution in [2.45, 2.75) is 32.4 Å². The zero-order valence-electron chi connectivity index (χ0n) is 10.9. The molecule has 0 fully saturated rings. The summed E-state index contributed by atoms with van der Waals surface area (Å²) in [5.41, 5.74) is 0. The number of ether oxygens (including phenoxy) is 1. The lowest BCUT2D eigenvalue weighted by Crippen LogP contribution is -2.45. The molecular formula is C11H21NO4S. The minimum atomic E-state index is -3.55. The molecule has 0 aromatic heterocycles. The van der Waals surface area contributed by atoms with E-state index in [1.165, 1.54) is 6.08 Å². The number of hydrogen-bond donors (Lipinski definition) is 0. The van der Waals surface area contributed by atoms with Gasteiger partial charge in [0.05, 0.1) is 11.4 Å². The summed E-state index contributed by atoms with van der Waals surface area (Å²) >= 11 is 0. The van der Waals surface area contributed by atoms with Crippen molar-refractivity contribution < 1.29 is 17.9 Å². The first-order chi connectivity index (χ1) is 7.66. The van der Waals surface area contributed by atoms with E-state index >= 15 is 0 Å². The Kier molecular flexibility index (Phi) is 5.84. The van der Waals surface area contributed by atoms with Gasteiger partial charge in [0.25, 0.3) is 0 Å². The van der Waals surface area contributed by atoms with E-state index in [0.29, 0.717) is 0 Å². The SMILES string of the molecule is C=CCN(CC(=O)OCC)S(=O)(=O)C(C)(C)C. The highest BCUT2D eigenvalue weighted by Crippen LogP contribution is 2.20. The molecule has 0 aliphatic rings. The highest BCUT2D eigenvalue weighted by Gasteiger charge is 2.35. The van der Waals surface area contributed by atoms with Crippen LogP contribution in [0.5, 0.6) is 0 Å². The van der Waals surface area contributed by atoms with Gasteiger partial charge in [-0.2, -0.15) is 4.31 Å². The molecule has 0 amide bonds. The molecule has 0 N–H and O–H groups in total. The molecule has 6 heteroatoms. The fraction of sp³-hybridized carbons (Fsp3) is 0.727. The lowest BCUT2D eigenvalue weighted by atomic mass is 10.3. The Morgan fingerprint density at radius 1 is 1.41 bits per heavy atom. The molecule has 0 aromatic carbocycles. The zero-order valence-corrected chi connectivity index (χ0v) is 11.7. The van der Waals surface area contributed by atoms with Crippen LogP contribution in [0.25, 0.3) is 0 Å². The van der Waals surface area contributed by atoms with Crippen molar-refractivity contribution in [2.75, 3.05) is 19.7 Å². The highest BCUT2D eigenvalue weighted by molar-refractivity contribution is 7.90. The summed E-state index contributed by atoms with van der Waals surface area (Å²) in [4.78, 5) is 11.3. The average Bonchev–Trinajstić information content (AvgIpc) is 2.15. The van der Waals surface area contributed by atoms with E-state index in [1.54, 1.807) is 27.7 Å². The number of sulfonamides is 1. The van der Waals surface area contributed by atoms with Gasteiger partial charge in [-0.15, -0.1) is 6.58 Å². The number of hydrogen-bond acceptors (Lipinski definition) is 4. The second-order valence-corrected chi connectivity index (χ2v) is 7.19. The molecule has 0 rings (SSSR count). The van der Waals surface area contributed by atoms with Gasteiger partial charge >= 0.3 is 5.97 Å². The van der Waals surface area contributed by atoms with Gasteiger partial charge in [-0.25, -0.2) is 8.42 Å². The van der Waals surface area contributed by atoms with Gasteiger partial charge in [-0.3, -0.25) is 4.79 Å². The fourth-order valence-electron chi connectivity index (χ4n) is 1.13. The van der Waals surface area contributed by atoms with Crippen molar-refractivity contribution in [3.63, 3.8) is 0 Å². The van der Waals surface area contributed by atoms with Gasteiger partial charge in [0.2, 0.25) is 10.0 Å². The van der Waals surface area contributed by atoms with Crippen molar-refractivity contribution in [3.8, 4) is 0 Å². The van der Waals surface area contributed by atoms with Crippen LogP contribution < -0.4 is 0 Å². The largest absolute Gasteiger partial charge is 0.465 e. The molecule has 0 unspecified atom stereocenters. The lowest BCUT2D eigenvalue weighted by molar-refractivity contribution is -0.143. The second kappa shape index (κ2) is 6.16. The van der Waals surface area contributed by atoms with Gasteiger partial charge in [-0.1, -0.05) is 6.08 Å². The van der Waals surface area contributed by atoms with E-state index in [-0.39, 0.29) is 19.7 Å². The third-order valence-corrected chi connectivity index (χ3v) is 4.56. The van der Waals surface area contributed by atoms with E-state index in [4.69, 9.17) is 4.74 Å². The molecule has 0 bridgehead atoms. The fourth-order valence-corrected chi connectivity index (χ4v) is 2.48. The minimum absolute atomic E-state index is 0.0957. The predicted octanol–water partition coefficient (Wildman–Crippen LogP) is 1.17. The monoisotopic (exact) mass is 263 g/mol. The Hall–Kier alpha value is -0.880. The van der Waals surface area contributed by atoms with Gasteiger partial charge in [0.15, 0.2) is 0 Å². The Balaban J connectivity index is 4.99. The number of nitrogens with zero attached hydrogens (tertiary/aromatic N) is 1. The molecular weight excluding hydrogens is 242 g/mol. The standard InChI is InChI=1S/C11H21NO4S/c1-6-8-12(9-10(13)16-7-2)17(14,15)11(3,4)5/h6H,1,7-9H2,2-5H3. The van der Waals surface area contributed by atoms with E-state index in [0.717, 1.165) is 4.31 Å². The van der Waals surface area contributed by atoms with Crippen LogP contribution in [-0.2, 0) is 19.6 Å². The molecule has 0 saturated carbocycles. The summed E-state index contributed by atoms with van der Waals surface area (Å²) in [7, 11) is -3.55. The maximum absolute atomic E-state index is 12.2. The molecule has 0 heterocycles. The molecule has 5 nitrogen and oxygen atoms in total. The van der Waals surface area contributed by atoms with Crippen molar-refractivity contribution in [1.82, 2.24) is 4.31 Å². The number of carbonyl (C=O) groups is 1. The summed E-state index contributed by atoms with van der Waals surface area (Å²) < 4.78 is 29.2. The van der Waals surface area contributed by atoms with Crippen LogP contribution in [0.2, 0.25) is 0 Å². The van der Waals surface area contributed by atoms with Crippen LogP contribution in [0.15, 0.2) is 12.7 Å². The Bertz CT molecular complexity index is 367. The zero-order chi connectivity index (χ0) is 13.7. The molecule has 0 atom stereocenters. The van der Waals surface area contributed by atoms with E-state index in [2.05, 4.69) is 6.58 Å². The quantitative estimate of drug-likeness (QED) is 0.533. The topological polar surface area (TPSA) is 63.7 Å².